The van der Waals surface area contributed by atoms with Crippen LogP contribution in [0.4, 0.5) is 14.9 Å². The number of piperazine rings is 1. The Morgan fingerprint density at radius 3 is 2.94 bits per heavy atom. The number of fused-ring (bicyclic) bond motifs is 2. The van der Waals surface area contributed by atoms with E-state index >= 15 is 0 Å². The molecule has 1 aromatic heterocycles. The Morgan fingerprint density at radius 2 is 2.16 bits per heavy atom. The van der Waals surface area contributed by atoms with Crippen molar-refractivity contribution in [1.82, 2.24) is 20.1 Å². The van der Waals surface area contributed by atoms with Crippen LogP contribution in [0.5, 0.6) is 5.75 Å². The van der Waals surface area contributed by atoms with E-state index in [-0.39, 0.29) is 30.6 Å². The summed E-state index contributed by atoms with van der Waals surface area (Å²) in [6.07, 6.45) is 1.39. The van der Waals surface area contributed by atoms with Gasteiger partial charge in [-0.3, -0.25) is 9.69 Å². The predicted octanol–water partition coefficient (Wildman–Crippen LogP) is 2.32. The Kier molecular flexibility index (Phi) is 6.03. The number of carbonyl (C=O) groups excluding carboxylic acids is 2. The number of benzene rings is 1. The van der Waals surface area contributed by atoms with E-state index in [0.29, 0.717) is 48.8 Å². The van der Waals surface area contributed by atoms with Crippen LogP contribution < -0.4 is 15.4 Å². The van der Waals surface area contributed by atoms with E-state index in [1.165, 1.54) is 6.20 Å². The van der Waals surface area contributed by atoms with Gasteiger partial charge in [0.05, 0.1) is 18.3 Å². The first-order chi connectivity index (χ1) is 14.9. The summed E-state index contributed by atoms with van der Waals surface area (Å²) >= 11 is 0. The SMILES string of the molecule is CC(C)NC(=O)N1CCN2CC(=O)Nc3cc(-c4cccnc4F)ccc3OC[C@H]2C1. The largest absolute Gasteiger partial charge is 0.490 e. The highest BCUT2D eigenvalue weighted by atomic mass is 19.1. The zero-order valence-corrected chi connectivity index (χ0v) is 17.6. The highest BCUT2D eigenvalue weighted by molar-refractivity contribution is 5.94. The number of nitrogens with zero attached hydrogens (tertiary/aromatic N) is 3. The maximum absolute atomic E-state index is 14.1. The van der Waals surface area contributed by atoms with Crippen molar-refractivity contribution in [1.29, 1.82) is 0 Å². The lowest BCUT2D eigenvalue weighted by Gasteiger charge is -2.40. The molecule has 0 unspecified atom stereocenters. The first kappa shape index (κ1) is 21.0. The van der Waals surface area contributed by atoms with Crippen LogP contribution >= 0.6 is 0 Å². The highest BCUT2D eigenvalue weighted by Crippen LogP contribution is 2.32. The highest BCUT2D eigenvalue weighted by Gasteiger charge is 2.32. The Labute approximate surface area is 180 Å². The van der Waals surface area contributed by atoms with Gasteiger partial charge in [0.2, 0.25) is 11.9 Å². The van der Waals surface area contributed by atoms with Gasteiger partial charge in [-0.15, -0.1) is 0 Å². The van der Waals surface area contributed by atoms with E-state index in [1.807, 2.05) is 18.7 Å². The number of anilines is 1. The van der Waals surface area contributed by atoms with Crippen LogP contribution in [0.3, 0.4) is 0 Å². The molecule has 0 spiro atoms. The molecule has 2 aromatic rings. The first-order valence-corrected chi connectivity index (χ1v) is 10.4. The van der Waals surface area contributed by atoms with Crippen molar-refractivity contribution in [2.24, 2.45) is 0 Å². The van der Waals surface area contributed by atoms with Gasteiger partial charge in [0, 0.05) is 37.4 Å². The number of ether oxygens (including phenoxy) is 1. The summed E-state index contributed by atoms with van der Waals surface area (Å²) in [6, 6.07) is 8.29. The van der Waals surface area contributed by atoms with Gasteiger partial charge >= 0.3 is 6.03 Å². The summed E-state index contributed by atoms with van der Waals surface area (Å²) in [6.45, 7) is 5.95. The van der Waals surface area contributed by atoms with Crippen molar-refractivity contribution in [3.8, 4) is 16.9 Å². The van der Waals surface area contributed by atoms with Crippen LogP contribution in [-0.2, 0) is 4.79 Å². The fourth-order valence-electron chi connectivity index (χ4n) is 3.86. The molecule has 1 fully saturated rings. The van der Waals surface area contributed by atoms with Crippen LogP contribution in [0.25, 0.3) is 11.1 Å². The van der Waals surface area contributed by atoms with E-state index in [9.17, 15) is 14.0 Å². The summed E-state index contributed by atoms with van der Waals surface area (Å²) < 4.78 is 20.1. The quantitative estimate of drug-likeness (QED) is 0.719. The van der Waals surface area contributed by atoms with Crippen LogP contribution in [0.15, 0.2) is 36.5 Å². The second-order valence-corrected chi connectivity index (χ2v) is 8.09. The van der Waals surface area contributed by atoms with Gasteiger partial charge in [0.1, 0.15) is 12.4 Å². The molecule has 0 bridgehead atoms. The molecule has 0 saturated carbocycles. The number of pyridine rings is 1. The maximum Gasteiger partial charge on any atom is 0.317 e. The molecule has 4 rings (SSSR count). The maximum atomic E-state index is 14.1. The minimum atomic E-state index is -0.574. The summed E-state index contributed by atoms with van der Waals surface area (Å²) in [4.78, 5) is 32.6. The second kappa shape index (κ2) is 8.89. The van der Waals surface area contributed by atoms with Crippen molar-refractivity contribution < 1.29 is 18.7 Å². The average Bonchev–Trinajstić information content (AvgIpc) is 2.79. The molecule has 9 heteroatoms. The average molecular weight is 427 g/mol. The van der Waals surface area contributed by atoms with Gasteiger partial charge in [-0.05, 0) is 43.7 Å². The molecule has 0 aliphatic carbocycles. The number of carbonyl (C=O) groups is 2. The number of rotatable bonds is 2. The zero-order valence-electron chi connectivity index (χ0n) is 17.6. The molecule has 2 N–H and O–H groups in total. The summed E-state index contributed by atoms with van der Waals surface area (Å²) in [5, 5.41) is 5.80. The summed E-state index contributed by atoms with van der Waals surface area (Å²) in [5.74, 6) is -0.248. The fourth-order valence-corrected chi connectivity index (χ4v) is 3.86. The molecular weight excluding hydrogens is 401 g/mol. The Morgan fingerprint density at radius 1 is 1.32 bits per heavy atom. The van der Waals surface area contributed by atoms with Gasteiger partial charge in [-0.1, -0.05) is 6.07 Å². The minimum Gasteiger partial charge on any atom is -0.490 e. The fraction of sp³-hybridized carbons (Fsp3) is 0.409. The van der Waals surface area contributed by atoms with Gasteiger partial charge < -0.3 is 20.3 Å². The lowest BCUT2D eigenvalue weighted by molar-refractivity contribution is -0.118. The number of hydrogen-bond acceptors (Lipinski definition) is 5. The number of urea groups is 1. The van der Waals surface area contributed by atoms with Crippen LogP contribution in [0.2, 0.25) is 0 Å². The zero-order chi connectivity index (χ0) is 22.0. The predicted molar refractivity (Wildman–Crippen MR) is 114 cm³/mol. The number of hydrogen-bond donors (Lipinski definition) is 2. The van der Waals surface area contributed by atoms with Gasteiger partial charge in [-0.2, -0.15) is 4.39 Å². The van der Waals surface area contributed by atoms with Crippen LogP contribution in [-0.4, -0.2) is 71.6 Å². The van der Waals surface area contributed by atoms with Gasteiger partial charge in [0.15, 0.2) is 0 Å². The molecule has 0 radical (unpaired) electrons. The van der Waals surface area contributed by atoms with Gasteiger partial charge in [-0.25, -0.2) is 9.78 Å². The number of amides is 3. The molecular formula is C22H26FN5O3. The topological polar surface area (TPSA) is 86.8 Å². The second-order valence-electron chi connectivity index (χ2n) is 8.09. The Hall–Kier alpha value is -3.20. The third-order valence-corrected chi connectivity index (χ3v) is 5.41. The van der Waals surface area contributed by atoms with Crippen molar-refractivity contribution in [3.63, 3.8) is 0 Å². The first-order valence-electron chi connectivity index (χ1n) is 10.4. The molecule has 1 atom stereocenters. The number of aromatic nitrogens is 1. The molecule has 2 aliphatic heterocycles. The van der Waals surface area contributed by atoms with Gasteiger partial charge in [0.25, 0.3) is 0 Å². The standard InChI is InChI=1S/C22H26FN5O3/c1-14(2)25-22(30)28-9-8-27-12-20(29)26-18-10-15(17-4-3-7-24-21(17)23)5-6-19(18)31-13-16(27)11-28/h3-7,10,14,16H,8-9,11-13H2,1-2H3,(H,25,30)(H,26,29)/t16-/m1/s1. The molecule has 3 heterocycles. The Balaban J connectivity index is 1.55. The normalized spacial score (nSPS) is 19.3. The number of nitrogens with one attached hydrogen (secondary N) is 2. The molecule has 1 aromatic carbocycles. The van der Waals surface area contributed by atoms with Crippen molar-refractivity contribution >= 4 is 17.6 Å². The summed E-state index contributed by atoms with van der Waals surface area (Å²) in [7, 11) is 0. The number of halogens is 1. The molecule has 8 nitrogen and oxygen atoms in total. The minimum absolute atomic E-state index is 0.0545. The van der Waals surface area contributed by atoms with E-state index in [1.54, 1.807) is 35.2 Å². The van der Waals surface area contributed by atoms with Crippen molar-refractivity contribution in [2.75, 3.05) is 38.1 Å². The summed E-state index contributed by atoms with van der Waals surface area (Å²) in [5.41, 5.74) is 1.44. The van der Waals surface area contributed by atoms with Crippen LogP contribution in [0.1, 0.15) is 13.8 Å². The third kappa shape index (κ3) is 4.77. The van der Waals surface area contributed by atoms with E-state index < -0.39 is 5.95 Å². The lowest BCUT2D eigenvalue weighted by Crippen LogP contribution is -2.59. The van der Waals surface area contributed by atoms with E-state index in [4.69, 9.17) is 4.74 Å². The lowest BCUT2D eigenvalue weighted by atomic mass is 10.1. The molecule has 164 valence electrons. The monoisotopic (exact) mass is 427 g/mol. The van der Waals surface area contributed by atoms with Crippen molar-refractivity contribution in [3.05, 3.63) is 42.5 Å². The van der Waals surface area contributed by atoms with Crippen LogP contribution in [0, 0.1) is 5.95 Å². The third-order valence-electron chi connectivity index (χ3n) is 5.41. The molecule has 3 amide bonds. The van der Waals surface area contributed by atoms with Crippen molar-refractivity contribution in [2.45, 2.75) is 25.9 Å². The van der Waals surface area contributed by atoms with E-state index in [0.717, 1.165) is 0 Å². The molecule has 31 heavy (non-hydrogen) atoms. The molecule has 2 aliphatic rings. The smallest absolute Gasteiger partial charge is 0.317 e. The molecule has 1 saturated heterocycles. The Bertz CT molecular complexity index is 983. The van der Waals surface area contributed by atoms with E-state index in [2.05, 4.69) is 15.6 Å².